The topological polar surface area (TPSA) is 66.8 Å². The largest absolute Gasteiger partial charge is 0.464 e. The first-order valence-corrected chi connectivity index (χ1v) is 10.7. The molecule has 2 N–H and O–H groups in total. The monoisotopic (exact) mass is 358 g/mol. The molecule has 0 bridgehead atoms. The zero-order chi connectivity index (χ0) is 18.6. The van der Waals surface area contributed by atoms with E-state index in [1.165, 1.54) is 89.9 Å². The second-order valence-electron chi connectivity index (χ2n) is 7.17. The van der Waals surface area contributed by atoms with Gasteiger partial charge in [0.1, 0.15) is 0 Å². The van der Waals surface area contributed by atoms with Gasteiger partial charge in [-0.25, -0.2) is 4.79 Å². The first-order valence-electron chi connectivity index (χ1n) is 10.7. The van der Waals surface area contributed by atoms with Crippen LogP contribution in [0.4, 0.5) is 0 Å². The smallest absolute Gasteiger partial charge is 0.337 e. The van der Waals surface area contributed by atoms with Gasteiger partial charge in [0.25, 0.3) is 0 Å². The summed E-state index contributed by atoms with van der Waals surface area (Å²) in [5.74, 6) is -0.719. The number of hydrogen-bond donors (Lipinski definition) is 2. The fourth-order valence-electron chi connectivity index (χ4n) is 2.99. The Morgan fingerprint density at radius 1 is 0.720 bits per heavy atom. The van der Waals surface area contributed by atoms with Crippen LogP contribution in [-0.4, -0.2) is 35.5 Å². The molecular formula is C21H42O4. The Morgan fingerprint density at radius 2 is 1.08 bits per heavy atom. The van der Waals surface area contributed by atoms with Crippen molar-refractivity contribution in [1.29, 1.82) is 0 Å². The lowest BCUT2D eigenvalue weighted by Crippen LogP contribution is -2.26. The molecule has 0 aromatic heterocycles. The number of carbonyl (C=O) groups excluding carboxylic acids is 1. The molecular weight excluding hydrogens is 316 g/mol. The fourth-order valence-corrected chi connectivity index (χ4v) is 2.99. The summed E-state index contributed by atoms with van der Waals surface area (Å²) in [6.07, 6.45) is 19.6. The third-order valence-corrected chi connectivity index (χ3v) is 4.69. The van der Waals surface area contributed by atoms with Crippen molar-refractivity contribution in [1.82, 2.24) is 0 Å². The number of ether oxygens (including phenoxy) is 1. The van der Waals surface area contributed by atoms with Gasteiger partial charge in [-0.1, -0.05) is 103 Å². The highest BCUT2D eigenvalue weighted by Crippen LogP contribution is 2.13. The SMILES string of the molecule is CCCCCCCCCCCCCCCCCCOC(=O)[C@H](O)CO. The van der Waals surface area contributed by atoms with Crippen molar-refractivity contribution in [3.63, 3.8) is 0 Å². The van der Waals surface area contributed by atoms with E-state index in [9.17, 15) is 4.79 Å². The van der Waals surface area contributed by atoms with Crippen LogP contribution in [0.5, 0.6) is 0 Å². The molecule has 150 valence electrons. The van der Waals surface area contributed by atoms with Gasteiger partial charge in [-0.3, -0.25) is 0 Å². The molecule has 0 spiro atoms. The maximum atomic E-state index is 11.1. The Hall–Kier alpha value is -0.610. The molecule has 25 heavy (non-hydrogen) atoms. The second kappa shape index (κ2) is 19.7. The van der Waals surface area contributed by atoms with Crippen molar-refractivity contribution in [3.8, 4) is 0 Å². The maximum Gasteiger partial charge on any atom is 0.337 e. The third-order valence-electron chi connectivity index (χ3n) is 4.69. The molecule has 1 atom stereocenters. The Labute approximate surface area is 155 Å². The molecule has 0 unspecified atom stereocenters. The molecule has 0 saturated carbocycles. The van der Waals surface area contributed by atoms with E-state index in [1.54, 1.807) is 0 Å². The summed E-state index contributed by atoms with van der Waals surface area (Å²) in [5, 5.41) is 17.6. The number of hydrogen-bond acceptors (Lipinski definition) is 4. The molecule has 0 aromatic carbocycles. The van der Waals surface area contributed by atoms with Crippen LogP contribution in [0.25, 0.3) is 0 Å². The summed E-state index contributed by atoms with van der Waals surface area (Å²) in [6.45, 7) is 2.04. The lowest BCUT2D eigenvalue weighted by Gasteiger charge is -2.07. The summed E-state index contributed by atoms with van der Waals surface area (Å²) >= 11 is 0. The van der Waals surface area contributed by atoms with Gasteiger partial charge >= 0.3 is 5.97 Å². The van der Waals surface area contributed by atoms with Gasteiger partial charge in [-0.05, 0) is 6.42 Å². The van der Waals surface area contributed by atoms with Crippen LogP contribution in [0.15, 0.2) is 0 Å². The molecule has 0 heterocycles. The standard InChI is InChI=1S/C21H42O4/c1-2-3-4-5-6-7-8-9-10-11-12-13-14-15-16-17-18-25-21(24)20(23)19-22/h20,22-23H,2-19H2,1H3/t20-/m1/s1. The molecule has 0 aliphatic rings. The van der Waals surface area contributed by atoms with Gasteiger partial charge in [0.15, 0.2) is 6.10 Å². The molecule has 0 rings (SSSR count). The Morgan fingerprint density at radius 3 is 1.44 bits per heavy atom. The number of esters is 1. The molecule has 0 saturated heterocycles. The van der Waals surface area contributed by atoms with E-state index in [0.29, 0.717) is 6.61 Å². The average molecular weight is 359 g/mol. The maximum absolute atomic E-state index is 11.1. The number of carbonyl (C=O) groups is 1. The van der Waals surface area contributed by atoms with E-state index in [1.807, 2.05) is 0 Å². The molecule has 4 nitrogen and oxygen atoms in total. The summed E-state index contributed by atoms with van der Waals surface area (Å²) in [5.41, 5.74) is 0. The highest BCUT2D eigenvalue weighted by molar-refractivity contribution is 5.74. The van der Waals surface area contributed by atoms with Crippen LogP contribution < -0.4 is 0 Å². The Balaban J connectivity index is 3.08. The third kappa shape index (κ3) is 18.0. The lowest BCUT2D eigenvalue weighted by molar-refractivity contribution is -0.155. The van der Waals surface area contributed by atoms with Crippen LogP contribution in [0, 0.1) is 0 Å². The second-order valence-corrected chi connectivity index (χ2v) is 7.17. The number of unbranched alkanes of at least 4 members (excludes halogenated alkanes) is 15. The predicted octanol–water partition coefficient (Wildman–Crippen LogP) is 5.14. The minimum absolute atomic E-state index is 0.342. The first-order chi connectivity index (χ1) is 12.2. The number of aliphatic hydroxyl groups excluding tert-OH is 2. The molecule has 0 radical (unpaired) electrons. The van der Waals surface area contributed by atoms with E-state index >= 15 is 0 Å². The Kier molecular flexibility index (Phi) is 19.2. The van der Waals surface area contributed by atoms with Gasteiger partial charge in [0.2, 0.25) is 0 Å². The number of aliphatic hydroxyl groups is 2. The first kappa shape index (κ1) is 24.4. The van der Waals surface area contributed by atoms with Gasteiger partial charge in [-0.15, -0.1) is 0 Å². The number of rotatable bonds is 19. The van der Waals surface area contributed by atoms with Crippen molar-refractivity contribution in [2.75, 3.05) is 13.2 Å². The molecule has 0 aromatic rings. The average Bonchev–Trinajstić information content (AvgIpc) is 2.63. The van der Waals surface area contributed by atoms with Crippen LogP contribution in [-0.2, 0) is 9.53 Å². The van der Waals surface area contributed by atoms with Crippen LogP contribution >= 0.6 is 0 Å². The van der Waals surface area contributed by atoms with Gasteiger partial charge in [0.05, 0.1) is 13.2 Å². The van der Waals surface area contributed by atoms with Gasteiger partial charge in [0, 0.05) is 0 Å². The van der Waals surface area contributed by atoms with Crippen LogP contribution in [0.3, 0.4) is 0 Å². The van der Waals surface area contributed by atoms with E-state index in [2.05, 4.69) is 6.92 Å². The zero-order valence-electron chi connectivity index (χ0n) is 16.5. The van der Waals surface area contributed by atoms with Gasteiger partial charge in [-0.2, -0.15) is 0 Å². The van der Waals surface area contributed by atoms with E-state index in [4.69, 9.17) is 14.9 Å². The van der Waals surface area contributed by atoms with Crippen molar-refractivity contribution < 1.29 is 19.7 Å². The normalized spacial score (nSPS) is 12.3. The van der Waals surface area contributed by atoms with Crippen molar-refractivity contribution in [2.45, 2.75) is 116 Å². The van der Waals surface area contributed by atoms with E-state index < -0.39 is 18.7 Å². The van der Waals surface area contributed by atoms with Crippen molar-refractivity contribution in [2.24, 2.45) is 0 Å². The van der Waals surface area contributed by atoms with E-state index in [0.717, 1.165) is 12.8 Å². The predicted molar refractivity (Wildman–Crippen MR) is 104 cm³/mol. The van der Waals surface area contributed by atoms with E-state index in [-0.39, 0.29) is 0 Å². The van der Waals surface area contributed by atoms with Crippen LogP contribution in [0.2, 0.25) is 0 Å². The molecule has 0 aliphatic heterocycles. The Bertz CT molecular complexity index is 281. The summed E-state index contributed by atoms with van der Waals surface area (Å²) in [6, 6.07) is 0. The summed E-state index contributed by atoms with van der Waals surface area (Å²) in [7, 11) is 0. The minimum atomic E-state index is -1.39. The molecule has 0 aliphatic carbocycles. The van der Waals surface area contributed by atoms with Crippen molar-refractivity contribution >= 4 is 5.97 Å². The van der Waals surface area contributed by atoms with Crippen molar-refractivity contribution in [3.05, 3.63) is 0 Å². The van der Waals surface area contributed by atoms with Crippen LogP contribution in [0.1, 0.15) is 110 Å². The fraction of sp³-hybridized carbons (Fsp3) is 0.952. The highest BCUT2D eigenvalue weighted by atomic mass is 16.5. The molecule has 0 fully saturated rings. The molecule has 4 heteroatoms. The lowest BCUT2D eigenvalue weighted by atomic mass is 10.0. The summed E-state index contributed by atoms with van der Waals surface area (Å²) in [4.78, 5) is 11.1. The summed E-state index contributed by atoms with van der Waals surface area (Å²) < 4.78 is 4.86. The van der Waals surface area contributed by atoms with Gasteiger partial charge < -0.3 is 14.9 Å². The highest BCUT2D eigenvalue weighted by Gasteiger charge is 2.14. The quantitative estimate of drug-likeness (QED) is 0.248. The zero-order valence-corrected chi connectivity index (χ0v) is 16.5. The minimum Gasteiger partial charge on any atom is -0.464 e. The molecule has 0 amide bonds.